The Kier molecular flexibility index (Phi) is 4.46. The summed E-state index contributed by atoms with van der Waals surface area (Å²) in [7, 11) is 0. The van der Waals surface area contributed by atoms with Crippen LogP contribution in [0.3, 0.4) is 0 Å². The standard InChI is InChI=1S/C8H7ClF2INO/c9-2-4-1-5(3-14)6(7(10)11)13-8(4)12/h1,7,14H,2-3H2. The summed E-state index contributed by atoms with van der Waals surface area (Å²) < 4.78 is 25.3. The zero-order valence-electron chi connectivity index (χ0n) is 6.98. The van der Waals surface area contributed by atoms with Crippen molar-refractivity contribution < 1.29 is 13.9 Å². The SMILES string of the molecule is OCc1cc(CCl)c(I)nc1C(F)F. The minimum atomic E-state index is -2.67. The molecule has 0 fully saturated rings. The highest BCUT2D eigenvalue weighted by atomic mass is 127. The minimum Gasteiger partial charge on any atom is -0.392 e. The molecule has 14 heavy (non-hydrogen) atoms. The lowest BCUT2D eigenvalue weighted by Crippen LogP contribution is -2.03. The number of hydrogen-bond acceptors (Lipinski definition) is 2. The fourth-order valence-electron chi connectivity index (χ4n) is 1.00. The third-order valence-corrected chi connectivity index (χ3v) is 2.90. The molecule has 2 nitrogen and oxygen atoms in total. The van der Waals surface area contributed by atoms with E-state index in [2.05, 4.69) is 4.98 Å². The highest BCUT2D eigenvalue weighted by molar-refractivity contribution is 14.1. The Hall–Kier alpha value is -0.0100. The molecule has 0 saturated carbocycles. The number of aliphatic hydroxyl groups excluding tert-OH is 1. The second-order valence-corrected chi connectivity index (χ2v) is 3.86. The zero-order chi connectivity index (χ0) is 10.7. The van der Waals surface area contributed by atoms with Crippen LogP contribution in [0.25, 0.3) is 0 Å². The first-order valence-electron chi connectivity index (χ1n) is 3.73. The predicted octanol–water partition coefficient (Wildman–Crippen LogP) is 2.85. The largest absolute Gasteiger partial charge is 0.392 e. The van der Waals surface area contributed by atoms with Crippen LogP contribution < -0.4 is 0 Å². The number of rotatable bonds is 3. The van der Waals surface area contributed by atoms with E-state index in [-0.39, 0.29) is 17.1 Å². The molecule has 0 bridgehead atoms. The van der Waals surface area contributed by atoms with Crippen molar-refractivity contribution in [3.8, 4) is 0 Å². The van der Waals surface area contributed by atoms with E-state index < -0.39 is 13.0 Å². The van der Waals surface area contributed by atoms with Crippen molar-refractivity contribution in [2.24, 2.45) is 0 Å². The van der Waals surface area contributed by atoms with Crippen molar-refractivity contribution in [2.45, 2.75) is 18.9 Å². The molecular weight excluding hydrogens is 326 g/mol. The molecule has 1 heterocycles. The van der Waals surface area contributed by atoms with Gasteiger partial charge in [-0.25, -0.2) is 13.8 Å². The molecule has 0 atom stereocenters. The summed E-state index contributed by atoms with van der Waals surface area (Å²) in [5.41, 5.74) is 0.419. The Morgan fingerprint density at radius 1 is 1.50 bits per heavy atom. The van der Waals surface area contributed by atoms with Crippen LogP contribution in [-0.4, -0.2) is 10.1 Å². The minimum absolute atomic E-state index is 0.135. The van der Waals surface area contributed by atoms with Crippen LogP contribution in [0.15, 0.2) is 6.07 Å². The van der Waals surface area contributed by atoms with E-state index in [0.717, 1.165) is 0 Å². The summed E-state index contributed by atoms with van der Waals surface area (Å²) >= 11 is 7.42. The molecule has 1 aromatic heterocycles. The molecule has 0 spiro atoms. The molecule has 0 aromatic carbocycles. The number of hydrogen-bond donors (Lipinski definition) is 1. The summed E-state index contributed by atoms with van der Waals surface area (Å²) in [6.45, 7) is -0.451. The van der Waals surface area contributed by atoms with E-state index in [1.807, 2.05) is 22.6 Å². The van der Waals surface area contributed by atoms with Crippen LogP contribution in [-0.2, 0) is 12.5 Å². The van der Waals surface area contributed by atoms with Gasteiger partial charge in [0.25, 0.3) is 6.43 Å². The lowest BCUT2D eigenvalue weighted by molar-refractivity contribution is 0.141. The van der Waals surface area contributed by atoms with Crippen molar-refractivity contribution in [1.29, 1.82) is 0 Å². The lowest BCUT2D eigenvalue weighted by Gasteiger charge is -2.08. The smallest absolute Gasteiger partial charge is 0.280 e. The molecular formula is C8H7ClF2INO. The summed E-state index contributed by atoms with van der Waals surface area (Å²) in [5.74, 6) is 0.196. The van der Waals surface area contributed by atoms with Crippen molar-refractivity contribution in [3.05, 3.63) is 26.6 Å². The Labute approximate surface area is 98.4 Å². The van der Waals surface area contributed by atoms with Crippen molar-refractivity contribution >= 4 is 34.2 Å². The fourth-order valence-corrected chi connectivity index (χ4v) is 2.04. The molecule has 1 N–H and O–H groups in total. The highest BCUT2D eigenvalue weighted by Gasteiger charge is 2.16. The number of alkyl halides is 3. The lowest BCUT2D eigenvalue weighted by atomic mass is 10.1. The molecule has 78 valence electrons. The van der Waals surface area contributed by atoms with E-state index in [0.29, 0.717) is 9.26 Å². The third-order valence-electron chi connectivity index (χ3n) is 1.68. The number of pyridine rings is 1. The second kappa shape index (κ2) is 5.18. The summed E-state index contributed by atoms with van der Waals surface area (Å²) in [6, 6.07) is 1.46. The van der Waals surface area contributed by atoms with Gasteiger partial charge in [-0.3, -0.25) is 0 Å². The molecule has 1 rings (SSSR count). The van der Waals surface area contributed by atoms with E-state index in [1.54, 1.807) is 0 Å². The van der Waals surface area contributed by atoms with E-state index in [4.69, 9.17) is 16.7 Å². The van der Waals surface area contributed by atoms with Crippen LogP contribution in [0.2, 0.25) is 0 Å². The number of halogens is 4. The van der Waals surface area contributed by atoms with Gasteiger partial charge in [-0.05, 0) is 34.2 Å². The Morgan fingerprint density at radius 3 is 2.57 bits per heavy atom. The molecule has 0 radical (unpaired) electrons. The van der Waals surface area contributed by atoms with Crippen molar-refractivity contribution in [3.63, 3.8) is 0 Å². The van der Waals surface area contributed by atoms with E-state index in [1.165, 1.54) is 6.07 Å². The van der Waals surface area contributed by atoms with Gasteiger partial charge in [0, 0.05) is 11.4 Å². The average Bonchev–Trinajstić information content (AvgIpc) is 2.17. The molecule has 0 saturated heterocycles. The van der Waals surface area contributed by atoms with Crippen LogP contribution in [0.1, 0.15) is 23.2 Å². The van der Waals surface area contributed by atoms with Gasteiger partial charge in [-0.2, -0.15) is 0 Å². The Balaban J connectivity index is 3.24. The molecule has 0 aliphatic heterocycles. The molecule has 6 heteroatoms. The monoisotopic (exact) mass is 333 g/mol. The molecule has 0 unspecified atom stereocenters. The summed E-state index contributed by atoms with van der Waals surface area (Å²) in [4.78, 5) is 3.71. The molecule has 0 aliphatic carbocycles. The first-order chi connectivity index (χ1) is 6.60. The molecule has 0 amide bonds. The topological polar surface area (TPSA) is 33.1 Å². The van der Waals surface area contributed by atoms with Crippen LogP contribution in [0.5, 0.6) is 0 Å². The first kappa shape index (κ1) is 12.1. The van der Waals surface area contributed by atoms with Gasteiger partial charge in [-0.1, -0.05) is 0 Å². The van der Waals surface area contributed by atoms with Gasteiger partial charge in [0.1, 0.15) is 9.39 Å². The van der Waals surface area contributed by atoms with Crippen molar-refractivity contribution in [2.75, 3.05) is 0 Å². The predicted molar refractivity (Wildman–Crippen MR) is 57.4 cm³/mol. The van der Waals surface area contributed by atoms with Crippen LogP contribution in [0, 0.1) is 3.70 Å². The highest BCUT2D eigenvalue weighted by Crippen LogP contribution is 2.24. The maximum Gasteiger partial charge on any atom is 0.280 e. The second-order valence-electron chi connectivity index (χ2n) is 2.58. The summed E-state index contributed by atoms with van der Waals surface area (Å²) in [6.07, 6.45) is -2.67. The van der Waals surface area contributed by atoms with Crippen molar-refractivity contribution in [1.82, 2.24) is 4.98 Å². The van der Waals surface area contributed by atoms with Gasteiger partial charge in [0.2, 0.25) is 0 Å². The fraction of sp³-hybridized carbons (Fsp3) is 0.375. The normalized spacial score (nSPS) is 11.0. The first-order valence-corrected chi connectivity index (χ1v) is 5.34. The van der Waals surface area contributed by atoms with E-state index >= 15 is 0 Å². The Bertz CT molecular complexity index is 335. The number of aliphatic hydroxyl groups is 1. The molecule has 1 aromatic rings. The van der Waals surface area contributed by atoms with E-state index in [9.17, 15) is 8.78 Å². The zero-order valence-corrected chi connectivity index (χ0v) is 9.89. The quantitative estimate of drug-likeness (QED) is 0.524. The maximum atomic E-state index is 12.4. The third kappa shape index (κ3) is 2.52. The number of nitrogens with zero attached hydrogens (tertiary/aromatic N) is 1. The molecule has 0 aliphatic rings. The van der Waals surface area contributed by atoms with Gasteiger partial charge in [0.05, 0.1) is 6.61 Å². The summed E-state index contributed by atoms with van der Waals surface area (Å²) in [5, 5.41) is 8.86. The van der Waals surface area contributed by atoms with Gasteiger partial charge < -0.3 is 5.11 Å². The van der Waals surface area contributed by atoms with Crippen LogP contribution in [0.4, 0.5) is 8.78 Å². The van der Waals surface area contributed by atoms with Gasteiger partial charge >= 0.3 is 0 Å². The van der Waals surface area contributed by atoms with Gasteiger partial charge in [0.15, 0.2) is 0 Å². The van der Waals surface area contributed by atoms with Crippen LogP contribution >= 0.6 is 34.2 Å². The average molecular weight is 334 g/mol. The maximum absolute atomic E-state index is 12.4. The van der Waals surface area contributed by atoms with Gasteiger partial charge in [-0.15, -0.1) is 11.6 Å². The Morgan fingerprint density at radius 2 is 2.14 bits per heavy atom. The number of aromatic nitrogens is 1.